The van der Waals surface area contributed by atoms with Gasteiger partial charge >= 0.3 is 0 Å². The maximum Gasteiger partial charge on any atom is 0.185 e. The Kier molecular flexibility index (Phi) is 3.29. The molecule has 0 aliphatic carbocycles. The Hall–Kier alpha value is -2.50. The fraction of sp³-hybridized carbons (Fsp3) is 0.0667. The highest BCUT2D eigenvalue weighted by molar-refractivity contribution is 5.79. The SMILES string of the molecule is Fc1cc(F)c(F)c(NCc2ccc3cc[nH]c3c2)c1F. The van der Waals surface area contributed by atoms with Crippen LogP contribution in [0.3, 0.4) is 0 Å². The highest BCUT2D eigenvalue weighted by atomic mass is 19.2. The summed E-state index contributed by atoms with van der Waals surface area (Å²) >= 11 is 0. The van der Waals surface area contributed by atoms with Gasteiger partial charge in [-0.1, -0.05) is 12.1 Å². The Morgan fingerprint density at radius 1 is 0.905 bits per heavy atom. The summed E-state index contributed by atoms with van der Waals surface area (Å²) in [4.78, 5) is 3.00. The van der Waals surface area contributed by atoms with Gasteiger partial charge in [-0.25, -0.2) is 17.6 Å². The molecule has 0 fully saturated rings. The second-order valence-corrected chi connectivity index (χ2v) is 4.60. The molecule has 0 aliphatic heterocycles. The number of H-pyrrole nitrogens is 1. The first-order valence-electron chi connectivity index (χ1n) is 6.19. The van der Waals surface area contributed by atoms with E-state index < -0.39 is 29.0 Å². The summed E-state index contributed by atoms with van der Waals surface area (Å²) in [7, 11) is 0. The smallest absolute Gasteiger partial charge is 0.185 e. The lowest BCUT2D eigenvalue weighted by Crippen LogP contribution is -2.07. The van der Waals surface area contributed by atoms with E-state index in [1.165, 1.54) is 0 Å². The van der Waals surface area contributed by atoms with Crippen LogP contribution in [0.1, 0.15) is 5.56 Å². The lowest BCUT2D eigenvalue weighted by molar-refractivity contribution is 0.458. The zero-order valence-corrected chi connectivity index (χ0v) is 10.7. The van der Waals surface area contributed by atoms with Crippen molar-refractivity contribution in [3.63, 3.8) is 0 Å². The number of hydrogen-bond donors (Lipinski definition) is 2. The number of anilines is 1. The summed E-state index contributed by atoms with van der Waals surface area (Å²) in [5.41, 5.74) is 0.771. The van der Waals surface area contributed by atoms with E-state index in [-0.39, 0.29) is 12.6 Å². The molecule has 3 aromatic rings. The van der Waals surface area contributed by atoms with E-state index in [9.17, 15) is 17.6 Å². The average molecular weight is 294 g/mol. The van der Waals surface area contributed by atoms with Crippen LogP contribution >= 0.6 is 0 Å². The van der Waals surface area contributed by atoms with Gasteiger partial charge in [0.1, 0.15) is 5.69 Å². The predicted molar refractivity (Wildman–Crippen MR) is 71.9 cm³/mol. The fourth-order valence-corrected chi connectivity index (χ4v) is 2.12. The van der Waals surface area contributed by atoms with E-state index in [0.29, 0.717) is 5.56 Å². The van der Waals surface area contributed by atoms with Crippen LogP contribution in [0.15, 0.2) is 36.5 Å². The Morgan fingerprint density at radius 2 is 1.62 bits per heavy atom. The third-order valence-electron chi connectivity index (χ3n) is 3.20. The van der Waals surface area contributed by atoms with Crippen molar-refractivity contribution < 1.29 is 17.6 Å². The quantitative estimate of drug-likeness (QED) is 0.546. The van der Waals surface area contributed by atoms with Gasteiger partial charge in [0.05, 0.1) is 0 Å². The normalized spacial score (nSPS) is 11.0. The zero-order chi connectivity index (χ0) is 15.0. The Labute approximate surface area is 117 Å². The van der Waals surface area contributed by atoms with Crippen LogP contribution in [0, 0.1) is 23.3 Å². The first kappa shape index (κ1) is 13.5. The van der Waals surface area contributed by atoms with E-state index in [2.05, 4.69) is 10.3 Å². The largest absolute Gasteiger partial charge is 0.376 e. The lowest BCUT2D eigenvalue weighted by atomic mass is 10.1. The molecule has 2 nitrogen and oxygen atoms in total. The van der Waals surface area contributed by atoms with Gasteiger partial charge in [0.2, 0.25) is 0 Å². The van der Waals surface area contributed by atoms with Gasteiger partial charge in [-0.3, -0.25) is 0 Å². The molecule has 0 saturated carbocycles. The molecule has 6 heteroatoms. The molecule has 0 radical (unpaired) electrons. The highest BCUT2D eigenvalue weighted by Crippen LogP contribution is 2.25. The molecule has 108 valence electrons. The van der Waals surface area contributed by atoms with Crippen LogP contribution < -0.4 is 5.32 Å². The molecule has 0 saturated heterocycles. The van der Waals surface area contributed by atoms with E-state index in [4.69, 9.17) is 0 Å². The van der Waals surface area contributed by atoms with Crippen molar-refractivity contribution in [2.45, 2.75) is 6.54 Å². The van der Waals surface area contributed by atoms with E-state index in [1.54, 1.807) is 18.3 Å². The van der Waals surface area contributed by atoms with E-state index in [0.717, 1.165) is 10.9 Å². The molecular formula is C15H10F4N2. The zero-order valence-electron chi connectivity index (χ0n) is 10.7. The molecule has 21 heavy (non-hydrogen) atoms. The number of halogens is 4. The Bertz CT molecular complexity index is 785. The summed E-state index contributed by atoms with van der Waals surface area (Å²) in [6, 6.07) is 7.44. The molecule has 3 rings (SSSR count). The number of benzene rings is 2. The van der Waals surface area contributed by atoms with Gasteiger partial charge in [0, 0.05) is 24.3 Å². The van der Waals surface area contributed by atoms with Gasteiger partial charge in [0.25, 0.3) is 0 Å². The van der Waals surface area contributed by atoms with Crippen LogP contribution in [0.4, 0.5) is 23.2 Å². The van der Waals surface area contributed by atoms with Crippen LogP contribution in [-0.4, -0.2) is 4.98 Å². The minimum absolute atomic E-state index is 0.0334. The number of rotatable bonds is 3. The molecule has 0 amide bonds. The number of aromatic nitrogens is 1. The van der Waals surface area contributed by atoms with Crippen molar-refractivity contribution in [3.8, 4) is 0 Å². The highest BCUT2D eigenvalue weighted by Gasteiger charge is 2.18. The standard InChI is InChI=1S/C15H10F4N2/c16-10-6-11(17)14(19)15(13(10)18)21-7-8-1-2-9-3-4-20-12(9)5-8/h1-6,20-21H,7H2. The summed E-state index contributed by atoms with van der Waals surface area (Å²) in [6.45, 7) is 0.0334. The van der Waals surface area contributed by atoms with Gasteiger partial charge in [0.15, 0.2) is 23.3 Å². The minimum Gasteiger partial charge on any atom is -0.376 e. The van der Waals surface area contributed by atoms with Crippen molar-refractivity contribution in [1.29, 1.82) is 0 Å². The maximum atomic E-state index is 13.5. The predicted octanol–water partition coefficient (Wildman–Crippen LogP) is 4.34. The molecule has 1 heterocycles. The first-order valence-corrected chi connectivity index (χ1v) is 6.19. The monoisotopic (exact) mass is 294 g/mol. The van der Waals surface area contributed by atoms with Crippen molar-refractivity contribution in [1.82, 2.24) is 4.98 Å². The van der Waals surface area contributed by atoms with Crippen molar-refractivity contribution in [2.75, 3.05) is 5.32 Å². The average Bonchev–Trinajstić information content (AvgIpc) is 2.92. The van der Waals surface area contributed by atoms with Crippen LogP contribution in [-0.2, 0) is 6.54 Å². The fourth-order valence-electron chi connectivity index (χ4n) is 2.12. The minimum atomic E-state index is -1.44. The lowest BCUT2D eigenvalue weighted by Gasteiger charge is -2.10. The summed E-state index contributed by atoms with van der Waals surface area (Å²) < 4.78 is 53.2. The van der Waals surface area contributed by atoms with Crippen molar-refractivity contribution >= 4 is 16.6 Å². The van der Waals surface area contributed by atoms with E-state index >= 15 is 0 Å². The molecule has 2 aromatic carbocycles. The van der Waals surface area contributed by atoms with Crippen molar-refractivity contribution in [3.05, 3.63) is 65.4 Å². The molecular weight excluding hydrogens is 284 g/mol. The number of fused-ring (bicyclic) bond motifs is 1. The molecule has 1 aromatic heterocycles. The van der Waals surface area contributed by atoms with Crippen LogP contribution in [0.25, 0.3) is 10.9 Å². The molecule has 0 unspecified atom stereocenters. The molecule has 0 bridgehead atoms. The third kappa shape index (κ3) is 2.44. The molecule has 0 atom stereocenters. The van der Waals surface area contributed by atoms with Gasteiger partial charge < -0.3 is 10.3 Å². The number of nitrogens with one attached hydrogen (secondary N) is 2. The van der Waals surface area contributed by atoms with Crippen LogP contribution in [0.2, 0.25) is 0 Å². The third-order valence-corrected chi connectivity index (χ3v) is 3.20. The second-order valence-electron chi connectivity index (χ2n) is 4.60. The van der Waals surface area contributed by atoms with Crippen molar-refractivity contribution in [2.24, 2.45) is 0 Å². The topological polar surface area (TPSA) is 27.8 Å². The number of hydrogen-bond acceptors (Lipinski definition) is 1. The van der Waals surface area contributed by atoms with Gasteiger partial charge in [-0.2, -0.15) is 0 Å². The van der Waals surface area contributed by atoms with E-state index in [1.807, 2.05) is 12.1 Å². The maximum absolute atomic E-state index is 13.5. The summed E-state index contributed by atoms with van der Waals surface area (Å²) in [5, 5.41) is 3.39. The Morgan fingerprint density at radius 3 is 2.33 bits per heavy atom. The second kappa shape index (κ2) is 5.12. The summed E-state index contributed by atoms with van der Waals surface area (Å²) in [6.07, 6.45) is 1.77. The number of aromatic amines is 1. The Balaban J connectivity index is 1.87. The summed E-state index contributed by atoms with van der Waals surface area (Å²) in [5.74, 6) is -5.74. The molecule has 2 N–H and O–H groups in total. The molecule has 0 aliphatic rings. The van der Waals surface area contributed by atoms with Gasteiger partial charge in [-0.15, -0.1) is 0 Å². The molecule has 0 spiro atoms. The van der Waals surface area contributed by atoms with Crippen LogP contribution in [0.5, 0.6) is 0 Å². The first-order chi connectivity index (χ1) is 10.1. The van der Waals surface area contributed by atoms with Gasteiger partial charge in [-0.05, 0) is 23.1 Å².